The van der Waals surface area contributed by atoms with Gasteiger partial charge >= 0.3 is 0 Å². The molecule has 0 spiro atoms. The summed E-state index contributed by atoms with van der Waals surface area (Å²) in [5, 5.41) is 3.32. The Morgan fingerprint density at radius 1 is 1.19 bits per heavy atom. The van der Waals surface area contributed by atoms with Crippen LogP contribution in [0.5, 0.6) is 0 Å². The van der Waals surface area contributed by atoms with Crippen molar-refractivity contribution in [2.75, 3.05) is 5.75 Å². The summed E-state index contributed by atoms with van der Waals surface area (Å²) in [6, 6.07) is 13.1. The van der Waals surface area contributed by atoms with Gasteiger partial charge in [0.15, 0.2) is 5.58 Å². The molecule has 0 radical (unpaired) electrons. The summed E-state index contributed by atoms with van der Waals surface area (Å²) in [6.45, 7) is 0.424. The van der Waals surface area contributed by atoms with Gasteiger partial charge in [-0.3, -0.25) is 9.78 Å². The maximum atomic E-state index is 11.8. The van der Waals surface area contributed by atoms with Crippen LogP contribution in [0.3, 0.4) is 0 Å². The van der Waals surface area contributed by atoms with Gasteiger partial charge in [0.1, 0.15) is 5.52 Å². The third-order valence-electron chi connectivity index (χ3n) is 2.79. The normalized spacial score (nSPS) is 10.7. The number of hydrogen-bond acceptors (Lipinski definition) is 5. The zero-order chi connectivity index (χ0) is 14.5. The van der Waals surface area contributed by atoms with Gasteiger partial charge in [0.2, 0.25) is 5.91 Å². The van der Waals surface area contributed by atoms with E-state index in [0.29, 0.717) is 11.8 Å². The number of thioether (sulfide) groups is 1. The molecule has 0 saturated heterocycles. The highest BCUT2D eigenvalue weighted by Gasteiger charge is 2.08. The van der Waals surface area contributed by atoms with Crippen molar-refractivity contribution in [2.45, 2.75) is 11.8 Å². The number of carbonyl (C=O) groups excluding carboxylic acids is 1. The minimum absolute atomic E-state index is 0.0760. The average Bonchev–Trinajstić information content (AvgIpc) is 2.95. The Morgan fingerprint density at radius 3 is 2.86 bits per heavy atom. The summed E-state index contributed by atoms with van der Waals surface area (Å²) in [6.07, 6.45) is 1.70. The van der Waals surface area contributed by atoms with Crippen molar-refractivity contribution in [3.63, 3.8) is 0 Å². The van der Waals surface area contributed by atoms with Crippen LogP contribution in [0.15, 0.2) is 58.3 Å². The van der Waals surface area contributed by atoms with Crippen LogP contribution in [0.25, 0.3) is 11.1 Å². The van der Waals surface area contributed by atoms with Crippen molar-refractivity contribution in [3.05, 3.63) is 54.4 Å². The van der Waals surface area contributed by atoms with Crippen LogP contribution in [-0.2, 0) is 11.3 Å². The lowest BCUT2D eigenvalue weighted by molar-refractivity contribution is -0.118. The van der Waals surface area contributed by atoms with E-state index in [0.717, 1.165) is 16.8 Å². The lowest BCUT2D eigenvalue weighted by Crippen LogP contribution is -2.24. The first-order valence-corrected chi connectivity index (χ1v) is 7.45. The van der Waals surface area contributed by atoms with Crippen LogP contribution in [-0.4, -0.2) is 21.6 Å². The molecule has 2 heterocycles. The number of amides is 1. The zero-order valence-corrected chi connectivity index (χ0v) is 12.0. The summed E-state index contributed by atoms with van der Waals surface area (Å²) < 4.78 is 5.54. The molecule has 0 aliphatic carbocycles. The average molecular weight is 299 g/mol. The Bertz CT molecular complexity index is 710. The van der Waals surface area contributed by atoms with Crippen molar-refractivity contribution in [2.24, 2.45) is 0 Å². The lowest BCUT2D eigenvalue weighted by Gasteiger charge is -2.02. The number of fused-ring (bicyclic) bond motifs is 1. The van der Waals surface area contributed by atoms with Crippen molar-refractivity contribution < 1.29 is 9.21 Å². The molecule has 106 valence electrons. The number of nitrogens with one attached hydrogen (secondary N) is 1. The summed E-state index contributed by atoms with van der Waals surface area (Å²) in [5.74, 6) is 0.188. The summed E-state index contributed by atoms with van der Waals surface area (Å²) >= 11 is 1.28. The second-order valence-corrected chi connectivity index (χ2v) is 5.26. The van der Waals surface area contributed by atoms with E-state index in [2.05, 4.69) is 15.3 Å². The molecule has 5 nitrogen and oxygen atoms in total. The fourth-order valence-electron chi connectivity index (χ4n) is 1.78. The van der Waals surface area contributed by atoms with E-state index >= 15 is 0 Å². The van der Waals surface area contributed by atoms with Crippen molar-refractivity contribution in [1.29, 1.82) is 0 Å². The summed E-state index contributed by atoms with van der Waals surface area (Å²) in [5.41, 5.74) is 2.36. The minimum atomic E-state index is -0.0760. The van der Waals surface area contributed by atoms with E-state index in [-0.39, 0.29) is 11.7 Å². The van der Waals surface area contributed by atoms with Crippen LogP contribution in [0.1, 0.15) is 5.69 Å². The van der Waals surface area contributed by atoms with Crippen molar-refractivity contribution >= 4 is 28.8 Å². The molecule has 0 saturated carbocycles. The molecular weight excluding hydrogens is 286 g/mol. The predicted octanol–water partition coefficient (Wildman–Crippen LogP) is 2.63. The van der Waals surface area contributed by atoms with Gasteiger partial charge in [-0.1, -0.05) is 30.0 Å². The predicted molar refractivity (Wildman–Crippen MR) is 80.8 cm³/mol. The first kappa shape index (κ1) is 13.6. The third kappa shape index (κ3) is 3.61. The Hall–Kier alpha value is -2.34. The molecule has 21 heavy (non-hydrogen) atoms. The standard InChI is InChI=1S/C15H13N3O2S/c19-14(17-9-11-5-3-4-8-16-11)10-21-15-18-12-6-1-2-7-13(12)20-15/h1-8H,9-10H2,(H,17,19). The van der Waals surface area contributed by atoms with E-state index in [1.165, 1.54) is 11.8 Å². The van der Waals surface area contributed by atoms with Gasteiger partial charge in [-0.15, -0.1) is 0 Å². The highest BCUT2D eigenvalue weighted by Crippen LogP contribution is 2.22. The number of benzene rings is 1. The molecule has 1 N–H and O–H groups in total. The Morgan fingerprint density at radius 2 is 2.05 bits per heavy atom. The van der Waals surface area contributed by atoms with Crippen LogP contribution in [0, 0.1) is 0 Å². The van der Waals surface area contributed by atoms with E-state index in [1.807, 2.05) is 42.5 Å². The molecule has 1 aromatic carbocycles. The molecule has 3 rings (SSSR count). The molecule has 0 fully saturated rings. The van der Waals surface area contributed by atoms with Crippen molar-refractivity contribution in [1.82, 2.24) is 15.3 Å². The number of para-hydroxylation sites is 2. The Kier molecular flexibility index (Phi) is 4.16. The van der Waals surface area contributed by atoms with Crippen molar-refractivity contribution in [3.8, 4) is 0 Å². The Labute approximate surface area is 125 Å². The molecule has 1 amide bonds. The lowest BCUT2D eigenvalue weighted by atomic mass is 10.3. The molecule has 0 atom stereocenters. The molecule has 0 aliphatic rings. The molecular formula is C15H13N3O2S. The Balaban J connectivity index is 1.51. The van der Waals surface area contributed by atoms with Gasteiger partial charge in [0, 0.05) is 6.20 Å². The number of rotatable bonds is 5. The monoisotopic (exact) mass is 299 g/mol. The molecule has 0 aliphatic heterocycles. The maximum Gasteiger partial charge on any atom is 0.257 e. The highest BCUT2D eigenvalue weighted by atomic mass is 32.2. The van der Waals surface area contributed by atoms with Gasteiger partial charge in [-0.2, -0.15) is 0 Å². The number of nitrogens with zero attached hydrogens (tertiary/aromatic N) is 2. The van der Waals surface area contributed by atoms with Crippen LogP contribution < -0.4 is 5.32 Å². The highest BCUT2D eigenvalue weighted by molar-refractivity contribution is 7.99. The van der Waals surface area contributed by atoms with Gasteiger partial charge < -0.3 is 9.73 Å². The molecule has 0 bridgehead atoms. The van der Waals surface area contributed by atoms with E-state index in [4.69, 9.17) is 4.42 Å². The topological polar surface area (TPSA) is 68.0 Å². The number of carbonyl (C=O) groups is 1. The third-order valence-corrected chi connectivity index (χ3v) is 3.62. The largest absolute Gasteiger partial charge is 0.431 e. The fourth-order valence-corrected chi connectivity index (χ4v) is 2.45. The number of aromatic nitrogens is 2. The van der Waals surface area contributed by atoms with Gasteiger partial charge in [0.05, 0.1) is 18.0 Å². The summed E-state index contributed by atoms with van der Waals surface area (Å²) in [7, 11) is 0. The van der Waals surface area contributed by atoms with Gasteiger partial charge in [0.25, 0.3) is 5.22 Å². The zero-order valence-electron chi connectivity index (χ0n) is 11.2. The van der Waals surface area contributed by atoms with Gasteiger partial charge in [-0.05, 0) is 24.3 Å². The van der Waals surface area contributed by atoms with Crippen LogP contribution >= 0.6 is 11.8 Å². The van der Waals surface area contributed by atoms with E-state index < -0.39 is 0 Å². The van der Waals surface area contributed by atoms with Crippen LogP contribution in [0.2, 0.25) is 0 Å². The summed E-state index contributed by atoms with van der Waals surface area (Å²) in [4.78, 5) is 20.2. The van der Waals surface area contributed by atoms with Gasteiger partial charge in [-0.25, -0.2) is 4.98 Å². The minimum Gasteiger partial charge on any atom is -0.431 e. The quantitative estimate of drug-likeness (QED) is 0.734. The first-order valence-electron chi connectivity index (χ1n) is 6.46. The first-order chi connectivity index (χ1) is 10.3. The smallest absolute Gasteiger partial charge is 0.257 e. The SMILES string of the molecule is O=C(CSc1nc2ccccc2o1)NCc1ccccn1. The van der Waals surface area contributed by atoms with Crippen LogP contribution in [0.4, 0.5) is 0 Å². The number of hydrogen-bond donors (Lipinski definition) is 1. The number of oxazole rings is 1. The second kappa shape index (κ2) is 6.41. The van der Waals surface area contributed by atoms with E-state index in [9.17, 15) is 4.79 Å². The molecule has 3 aromatic rings. The second-order valence-electron chi connectivity index (χ2n) is 4.33. The molecule has 2 aromatic heterocycles. The molecule has 0 unspecified atom stereocenters. The molecule has 6 heteroatoms. The number of pyridine rings is 1. The maximum absolute atomic E-state index is 11.8. The fraction of sp³-hybridized carbons (Fsp3) is 0.133. The van der Waals surface area contributed by atoms with E-state index in [1.54, 1.807) is 6.20 Å².